The van der Waals surface area contributed by atoms with Gasteiger partial charge >= 0.3 is 0 Å². The number of nitrogens with two attached hydrogens (primary N) is 1. The molecule has 0 bridgehead atoms. The summed E-state index contributed by atoms with van der Waals surface area (Å²) < 4.78 is 0. The Bertz CT molecular complexity index is 692. The highest BCUT2D eigenvalue weighted by Gasteiger charge is 2.13. The third kappa shape index (κ3) is 2.52. The average Bonchev–Trinajstić information content (AvgIpc) is 2.53. The fourth-order valence-electron chi connectivity index (χ4n) is 2.44. The maximum Gasteiger partial charge on any atom is 0.0705 e. The number of hydrogen-bond donors (Lipinski definition) is 2. The average molecular weight is 264 g/mol. The topological polar surface area (TPSA) is 63.8 Å². The maximum atomic E-state index is 5.76. The van der Waals surface area contributed by atoms with Gasteiger partial charge in [0.2, 0.25) is 0 Å². The number of rotatable bonds is 4. The monoisotopic (exact) mass is 264 g/mol. The fraction of sp³-hybridized carbons (Fsp3) is 0.125. The van der Waals surface area contributed by atoms with E-state index in [1.54, 1.807) is 18.6 Å². The molecule has 3 rings (SSSR count). The van der Waals surface area contributed by atoms with Crippen molar-refractivity contribution in [3.63, 3.8) is 0 Å². The largest absolute Gasteiger partial charge is 0.271 e. The Hall–Kier alpha value is -2.30. The summed E-state index contributed by atoms with van der Waals surface area (Å²) in [4.78, 5) is 8.43. The molecule has 1 unspecified atom stereocenters. The molecular formula is C16H16N4. The summed E-state index contributed by atoms with van der Waals surface area (Å²) in [6.45, 7) is 0. The number of aromatic nitrogens is 2. The van der Waals surface area contributed by atoms with Crippen molar-refractivity contribution in [1.29, 1.82) is 0 Å². The number of fused-ring (bicyclic) bond motifs is 1. The molecule has 0 saturated heterocycles. The first-order valence-electron chi connectivity index (χ1n) is 6.57. The molecule has 0 aliphatic carbocycles. The number of nitrogens with one attached hydrogen (secondary N) is 1. The first kappa shape index (κ1) is 12.7. The molecule has 2 heterocycles. The molecule has 4 heteroatoms. The Morgan fingerprint density at radius 3 is 2.65 bits per heavy atom. The lowest BCUT2D eigenvalue weighted by Gasteiger charge is -2.18. The van der Waals surface area contributed by atoms with Crippen LogP contribution in [0.3, 0.4) is 0 Å². The Morgan fingerprint density at radius 1 is 1.00 bits per heavy atom. The molecule has 0 spiro atoms. The van der Waals surface area contributed by atoms with E-state index in [-0.39, 0.29) is 6.04 Å². The van der Waals surface area contributed by atoms with Crippen LogP contribution in [0.1, 0.15) is 17.2 Å². The standard InChI is InChI=1S/C16H16N4/c17-20-16(11-12-6-9-18-10-7-12)14-3-1-5-15-13(14)4-2-8-19-15/h1-10,16,20H,11,17H2. The zero-order chi connectivity index (χ0) is 13.8. The minimum atomic E-state index is 0.0466. The van der Waals surface area contributed by atoms with E-state index in [9.17, 15) is 0 Å². The SMILES string of the molecule is NNC(Cc1ccncc1)c1cccc2ncccc12. The van der Waals surface area contributed by atoms with E-state index in [2.05, 4.69) is 27.5 Å². The lowest BCUT2D eigenvalue weighted by atomic mass is 9.96. The van der Waals surface area contributed by atoms with Crippen molar-refractivity contribution in [1.82, 2.24) is 15.4 Å². The van der Waals surface area contributed by atoms with Gasteiger partial charge in [-0.3, -0.25) is 21.2 Å². The summed E-state index contributed by atoms with van der Waals surface area (Å²) in [5, 5.41) is 1.13. The van der Waals surface area contributed by atoms with Gasteiger partial charge in [0.1, 0.15) is 0 Å². The number of hydrazine groups is 1. The molecule has 2 aromatic heterocycles. The minimum Gasteiger partial charge on any atom is -0.271 e. The van der Waals surface area contributed by atoms with Crippen molar-refractivity contribution in [2.75, 3.05) is 0 Å². The van der Waals surface area contributed by atoms with Crippen molar-refractivity contribution in [3.8, 4) is 0 Å². The highest BCUT2D eigenvalue weighted by molar-refractivity contribution is 5.82. The molecule has 3 N–H and O–H groups in total. The Kier molecular flexibility index (Phi) is 3.67. The highest BCUT2D eigenvalue weighted by Crippen LogP contribution is 2.25. The smallest absolute Gasteiger partial charge is 0.0705 e. The van der Waals surface area contributed by atoms with Crippen LogP contribution in [0.4, 0.5) is 0 Å². The van der Waals surface area contributed by atoms with Gasteiger partial charge < -0.3 is 0 Å². The van der Waals surface area contributed by atoms with Gasteiger partial charge in [-0.2, -0.15) is 0 Å². The molecule has 0 radical (unpaired) electrons. The molecule has 4 nitrogen and oxygen atoms in total. The van der Waals surface area contributed by atoms with Crippen LogP contribution in [0.15, 0.2) is 61.1 Å². The van der Waals surface area contributed by atoms with Gasteiger partial charge in [-0.15, -0.1) is 0 Å². The van der Waals surface area contributed by atoms with Crippen LogP contribution in [0.25, 0.3) is 10.9 Å². The third-order valence-electron chi connectivity index (χ3n) is 3.45. The number of benzene rings is 1. The van der Waals surface area contributed by atoms with Crippen LogP contribution in [0.2, 0.25) is 0 Å². The van der Waals surface area contributed by atoms with E-state index < -0.39 is 0 Å². The van der Waals surface area contributed by atoms with Gasteiger partial charge in [0.05, 0.1) is 11.6 Å². The first-order valence-corrected chi connectivity index (χ1v) is 6.57. The minimum absolute atomic E-state index is 0.0466. The van der Waals surface area contributed by atoms with Crippen molar-refractivity contribution in [3.05, 3.63) is 72.2 Å². The van der Waals surface area contributed by atoms with Crippen molar-refractivity contribution >= 4 is 10.9 Å². The second kappa shape index (κ2) is 5.77. The van der Waals surface area contributed by atoms with Crippen molar-refractivity contribution in [2.45, 2.75) is 12.5 Å². The Labute approximate surface area is 117 Å². The summed E-state index contributed by atoms with van der Waals surface area (Å²) in [7, 11) is 0. The van der Waals surface area contributed by atoms with Gasteiger partial charge in [-0.1, -0.05) is 18.2 Å². The van der Waals surface area contributed by atoms with Crippen LogP contribution >= 0.6 is 0 Å². The molecular weight excluding hydrogens is 248 g/mol. The predicted octanol–water partition coefficient (Wildman–Crippen LogP) is 2.38. The quantitative estimate of drug-likeness (QED) is 0.561. The van der Waals surface area contributed by atoms with Gasteiger partial charge in [0.25, 0.3) is 0 Å². The number of pyridine rings is 2. The summed E-state index contributed by atoms with van der Waals surface area (Å²) >= 11 is 0. The second-order valence-corrected chi connectivity index (χ2v) is 4.70. The highest BCUT2D eigenvalue weighted by atomic mass is 15.2. The van der Waals surface area contributed by atoms with E-state index in [1.165, 1.54) is 5.56 Å². The van der Waals surface area contributed by atoms with Gasteiger partial charge in [0, 0.05) is 24.0 Å². The van der Waals surface area contributed by atoms with E-state index in [0.29, 0.717) is 0 Å². The molecule has 3 aromatic rings. The first-order chi connectivity index (χ1) is 9.88. The molecule has 0 amide bonds. The maximum absolute atomic E-state index is 5.76. The van der Waals surface area contributed by atoms with Gasteiger partial charge in [0.15, 0.2) is 0 Å². The molecule has 1 aromatic carbocycles. The van der Waals surface area contributed by atoms with E-state index in [1.807, 2.05) is 30.3 Å². The van der Waals surface area contributed by atoms with E-state index in [0.717, 1.165) is 22.9 Å². The molecule has 0 fully saturated rings. The summed E-state index contributed by atoms with van der Waals surface area (Å²) in [5.41, 5.74) is 6.26. The zero-order valence-corrected chi connectivity index (χ0v) is 11.0. The lowest BCUT2D eigenvalue weighted by molar-refractivity contribution is 0.555. The molecule has 20 heavy (non-hydrogen) atoms. The number of hydrogen-bond acceptors (Lipinski definition) is 4. The van der Waals surface area contributed by atoms with Crippen LogP contribution in [-0.2, 0) is 6.42 Å². The molecule has 1 atom stereocenters. The third-order valence-corrected chi connectivity index (χ3v) is 3.45. The lowest BCUT2D eigenvalue weighted by Crippen LogP contribution is -2.29. The second-order valence-electron chi connectivity index (χ2n) is 4.70. The van der Waals surface area contributed by atoms with Crippen molar-refractivity contribution in [2.24, 2.45) is 5.84 Å². The fourth-order valence-corrected chi connectivity index (χ4v) is 2.44. The van der Waals surface area contributed by atoms with Crippen LogP contribution in [0.5, 0.6) is 0 Å². The van der Waals surface area contributed by atoms with Crippen LogP contribution in [0, 0.1) is 0 Å². The molecule has 0 aliphatic heterocycles. The summed E-state index contributed by atoms with van der Waals surface area (Å²) in [5.74, 6) is 5.76. The van der Waals surface area contributed by atoms with E-state index >= 15 is 0 Å². The Balaban J connectivity index is 1.99. The van der Waals surface area contributed by atoms with Gasteiger partial charge in [-0.05, 0) is 41.8 Å². The molecule has 100 valence electrons. The predicted molar refractivity (Wildman–Crippen MR) is 79.7 cm³/mol. The van der Waals surface area contributed by atoms with E-state index in [4.69, 9.17) is 5.84 Å². The zero-order valence-electron chi connectivity index (χ0n) is 11.0. The Morgan fingerprint density at radius 2 is 1.85 bits per heavy atom. The number of nitrogens with zero attached hydrogens (tertiary/aromatic N) is 2. The van der Waals surface area contributed by atoms with Crippen LogP contribution < -0.4 is 11.3 Å². The van der Waals surface area contributed by atoms with Crippen molar-refractivity contribution < 1.29 is 0 Å². The summed E-state index contributed by atoms with van der Waals surface area (Å²) in [6, 6.07) is 14.2. The van der Waals surface area contributed by atoms with Gasteiger partial charge in [-0.25, -0.2) is 0 Å². The molecule has 0 saturated carbocycles. The normalized spacial score (nSPS) is 12.4. The van der Waals surface area contributed by atoms with Crippen LogP contribution in [-0.4, -0.2) is 9.97 Å². The molecule has 0 aliphatic rings. The summed E-state index contributed by atoms with van der Waals surface area (Å²) in [6.07, 6.45) is 6.22.